The van der Waals surface area contributed by atoms with E-state index in [2.05, 4.69) is 10.3 Å². The molecule has 1 amide bonds. The summed E-state index contributed by atoms with van der Waals surface area (Å²) >= 11 is 4.25. The number of aromatic nitrogens is 3. The minimum atomic E-state index is -0.469. The van der Waals surface area contributed by atoms with Gasteiger partial charge in [-0.2, -0.15) is 0 Å². The first-order chi connectivity index (χ1) is 15.5. The molecule has 1 N–H and O–H groups in total. The number of aryl methyl sites for hydroxylation is 2. The number of halogens is 1. The fourth-order valence-corrected chi connectivity index (χ4v) is 6.91. The van der Waals surface area contributed by atoms with Gasteiger partial charge in [-0.3, -0.25) is 14.2 Å². The average Bonchev–Trinajstić information content (AvgIpc) is 3.36. The van der Waals surface area contributed by atoms with Crippen molar-refractivity contribution in [2.45, 2.75) is 43.5 Å². The molecular formula is C22H19FN4O2S3. The van der Waals surface area contributed by atoms with E-state index in [9.17, 15) is 14.0 Å². The number of rotatable bonds is 5. The van der Waals surface area contributed by atoms with Crippen LogP contribution < -0.4 is 10.9 Å². The Morgan fingerprint density at radius 2 is 2.06 bits per heavy atom. The third-order valence-corrected chi connectivity index (χ3v) is 8.20. The molecule has 0 bridgehead atoms. The summed E-state index contributed by atoms with van der Waals surface area (Å²) in [5, 5.41) is 6.10. The molecule has 0 radical (unpaired) electrons. The molecule has 0 saturated carbocycles. The third kappa shape index (κ3) is 3.98. The van der Waals surface area contributed by atoms with Crippen LogP contribution in [-0.2, 0) is 23.4 Å². The highest BCUT2D eigenvalue weighted by molar-refractivity contribution is 7.98. The number of hydrogen-bond acceptors (Lipinski definition) is 7. The summed E-state index contributed by atoms with van der Waals surface area (Å²) in [4.78, 5) is 36.1. The number of para-hydroxylation sites is 1. The van der Waals surface area contributed by atoms with Crippen LogP contribution in [0.1, 0.15) is 35.9 Å². The molecule has 0 fully saturated rings. The molecule has 4 aromatic rings. The maximum atomic E-state index is 14.7. The third-order valence-electron chi connectivity index (χ3n) is 5.24. The van der Waals surface area contributed by atoms with Gasteiger partial charge in [0.05, 0.1) is 16.8 Å². The number of thiazole rings is 1. The van der Waals surface area contributed by atoms with E-state index in [1.807, 2.05) is 5.38 Å². The Kier molecular flexibility index (Phi) is 5.83. The first-order valence-electron chi connectivity index (χ1n) is 10.2. The Morgan fingerprint density at radius 3 is 2.88 bits per heavy atom. The zero-order valence-corrected chi connectivity index (χ0v) is 19.6. The number of hydrogen-bond donors (Lipinski definition) is 1. The predicted octanol–water partition coefficient (Wildman–Crippen LogP) is 5.17. The second kappa shape index (κ2) is 8.76. The largest absolute Gasteiger partial charge is 0.302 e. The zero-order chi connectivity index (χ0) is 22.2. The van der Waals surface area contributed by atoms with Crippen molar-refractivity contribution in [1.82, 2.24) is 14.5 Å². The van der Waals surface area contributed by atoms with E-state index in [0.29, 0.717) is 26.3 Å². The van der Waals surface area contributed by atoms with Gasteiger partial charge in [-0.1, -0.05) is 23.9 Å². The van der Waals surface area contributed by atoms with Crippen molar-refractivity contribution >= 4 is 55.7 Å². The number of nitrogens with one attached hydrogen (secondary N) is 1. The first kappa shape index (κ1) is 21.3. The lowest BCUT2D eigenvalue weighted by atomic mass is 9.97. The Hall–Kier alpha value is -2.56. The molecule has 164 valence electrons. The van der Waals surface area contributed by atoms with Gasteiger partial charge in [0, 0.05) is 22.9 Å². The van der Waals surface area contributed by atoms with E-state index in [1.165, 1.54) is 45.5 Å². The summed E-state index contributed by atoms with van der Waals surface area (Å²) < 4.78 is 16.1. The van der Waals surface area contributed by atoms with Crippen LogP contribution in [0.5, 0.6) is 0 Å². The van der Waals surface area contributed by atoms with Crippen LogP contribution in [0.2, 0.25) is 0 Å². The van der Waals surface area contributed by atoms with Crippen molar-refractivity contribution in [2.24, 2.45) is 0 Å². The molecule has 3 aromatic heterocycles. The fraction of sp³-hybridized carbons (Fsp3) is 0.273. The molecule has 6 nitrogen and oxygen atoms in total. The SMILES string of the molecule is CC(=O)Nc1nc(CSc2nc3sc4c(c3c(=O)n2-c2ccccc2F)CCCC4)cs1. The van der Waals surface area contributed by atoms with Crippen LogP contribution in [0, 0.1) is 5.82 Å². The zero-order valence-electron chi connectivity index (χ0n) is 17.2. The summed E-state index contributed by atoms with van der Waals surface area (Å²) in [6.45, 7) is 1.43. The number of carbonyl (C=O) groups is 1. The van der Waals surface area contributed by atoms with E-state index in [0.717, 1.165) is 36.9 Å². The van der Waals surface area contributed by atoms with Gasteiger partial charge in [-0.05, 0) is 43.4 Å². The highest BCUT2D eigenvalue weighted by Crippen LogP contribution is 2.36. The van der Waals surface area contributed by atoms with Crippen LogP contribution in [0.25, 0.3) is 15.9 Å². The second-order valence-electron chi connectivity index (χ2n) is 7.49. The average molecular weight is 487 g/mol. The van der Waals surface area contributed by atoms with E-state index in [-0.39, 0.29) is 17.2 Å². The Morgan fingerprint density at radius 1 is 1.25 bits per heavy atom. The molecule has 0 aliphatic heterocycles. The van der Waals surface area contributed by atoms with E-state index in [4.69, 9.17) is 4.98 Å². The molecule has 32 heavy (non-hydrogen) atoms. The highest BCUT2D eigenvalue weighted by atomic mass is 32.2. The molecule has 5 rings (SSSR count). The highest BCUT2D eigenvalue weighted by Gasteiger charge is 2.24. The van der Waals surface area contributed by atoms with Crippen LogP contribution >= 0.6 is 34.4 Å². The normalized spacial score (nSPS) is 13.3. The van der Waals surface area contributed by atoms with Crippen LogP contribution in [0.15, 0.2) is 39.6 Å². The molecular weight excluding hydrogens is 467 g/mol. The molecule has 10 heteroatoms. The van der Waals surface area contributed by atoms with Crippen LogP contribution in [0.3, 0.4) is 0 Å². The fourth-order valence-electron chi connectivity index (χ4n) is 3.85. The van der Waals surface area contributed by atoms with Crippen LogP contribution in [-0.4, -0.2) is 20.4 Å². The summed E-state index contributed by atoms with van der Waals surface area (Å²) in [6, 6.07) is 6.27. The van der Waals surface area contributed by atoms with E-state index < -0.39 is 5.82 Å². The van der Waals surface area contributed by atoms with Gasteiger partial charge in [-0.25, -0.2) is 14.4 Å². The summed E-state index contributed by atoms with van der Waals surface area (Å²) in [5.41, 5.74) is 1.81. The van der Waals surface area contributed by atoms with Crippen molar-refractivity contribution in [3.63, 3.8) is 0 Å². The minimum Gasteiger partial charge on any atom is -0.302 e. The van der Waals surface area contributed by atoms with Gasteiger partial charge >= 0.3 is 0 Å². The van der Waals surface area contributed by atoms with Gasteiger partial charge in [-0.15, -0.1) is 22.7 Å². The lowest BCUT2D eigenvalue weighted by molar-refractivity contribution is -0.114. The number of thiophene rings is 1. The standard InChI is InChI=1S/C22H19FN4O2S3/c1-12(28)24-21-25-13(10-30-21)11-31-22-26-19-18(14-6-2-5-9-17(14)32-19)20(29)27(22)16-8-4-3-7-15(16)23/h3-4,7-8,10H,2,5-6,9,11H2,1H3,(H,24,25,28). The maximum absolute atomic E-state index is 14.7. The van der Waals surface area contributed by atoms with Crippen molar-refractivity contribution < 1.29 is 9.18 Å². The second-order valence-corrected chi connectivity index (χ2v) is 10.4. The van der Waals surface area contributed by atoms with Gasteiger partial charge in [0.1, 0.15) is 10.6 Å². The lowest BCUT2D eigenvalue weighted by Crippen LogP contribution is -2.23. The van der Waals surface area contributed by atoms with Crippen molar-refractivity contribution in [3.8, 4) is 5.69 Å². The van der Waals surface area contributed by atoms with Gasteiger partial charge in [0.15, 0.2) is 10.3 Å². The number of thioether (sulfide) groups is 1. The Bertz CT molecular complexity index is 1390. The smallest absolute Gasteiger partial charge is 0.267 e. The molecule has 1 aliphatic rings. The minimum absolute atomic E-state index is 0.180. The number of anilines is 1. The van der Waals surface area contributed by atoms with Crippen molar-refractivity contribution in [1.29, 1.82) is 0 Å². The quantitative estimate of drug-likeness (QED) is 0.311. The summed E-state index contributed by atoms with van der Waals surface area (Å²) in [5.74, 6) is -0.211. The number of carbonyl (C=O) groups excluding carboxylic acids is 1. The maximum Gasteiger partial charge on any atom is 0.267 e. The van der Waals surface area contributed by atoms with E-state index >= 15 is 0 Å². The molecule has 3 heterocycles. The van der Waals surface area contributed by atoms with E-state index in [1.54, 1.807) is 29.5 Å². The van der Waals surface area contributed by atoms with Gasteiger partial charge in [0.25, 0.3) is 5.56 Å². The topological polar surface area (TPSA) is 76.9 Å². The molecule has 0 atom stereocenters. The lowest BCUT2D eigenvalue weighted by Gasteiger charge is -2.14. The van der Waals surface area contributed by atoms with Gasteiger partial charge in [0.2, 0.25) is 5.91 Å². The van der Waals surface area contributed by atoms with Crippen molar-refractivity contribution in [3.05, 3.63) is 62.0 Å². The van der Waals surface area contributed by atoms with Crippen LogP contribution in [0.4, 0.5) is 9.52 Å². The Balaban J connectivity index is 1.60. The number of amides is 1. The number of fused-ring (bicyclic) bond motifs is 3. The predicted molar refractivity (Wildman–Crippen MR) is 128 cm³/mol. The number of nitrogens with zero attached hydrogens (tertiary/aromatic N) is 3. The summed E-state index contributed by atoms with van der Waals surface area (Å²) in [6.07, 6.45) is 3.99. The first-order valence-corrected chi connectivity index (χ1v) is 12.9. The molecule has 1 aliphatic carbocycles. The van der Waals surface area contributed by atoms with Crippen molar-refractivity contribution in [2.75, 3.05) is 5.32 Å². The molecule has 0 saturated heterocycles. The molecule has 1 aromatic carbocycles. The Labute approximate surface area is 195 Å². The van der Waals surface area contributed by atoms with Gasteiger partial charge < -0.3 is 5.32 Å². The number of benzene rings is 1. The molecule has 0 unspecified atom stereocenters. The monoisotopic (exact) mass is 486 g/mol. The summed E-state index contributed by atoms with van der Waals surface area (Å²) in [7, 11) is 0. The molecule has 0 spiro atoms.